The van der Waals surface area contributed by atoms with Crippen LogP contribution in [0, 0.1) is 16.7 Å². The standard InChI is InChI=1S/C18H33NO4S.2C2H6/c1-12(20)8-17(3,4)11-18(5,6)9-15(21)19-14(10-24-7)13(2)16(22)23;2*1-2/h13-14H,8-11H2,1-7H3,(H,19,21)(H,22,23);2*1-2H3. The van der Waals surface area contributed by atoms with E-state index in [1.165, 1.54) is 11.8 Å². The number of rotatable bonds is 11. The highest BCUT2D eigenvalue weighted by molar-refractivity contribution is 7.98. The Morgan fingerprint density at radius 3 is 1.75 bits per heavy atom. The van der Waals surface area contributed by atoms with Gasteiger partial charge >= 0.3 is 5.97 Å². The molecule has 0 aromatic carbocycles. The maximum atomic E-state index is 12.4. The van der Waals surface area contributed by atoms with Crippen molar-refractivity contribution in [2.45, 2.75) is 94.5 Å². The van der Waals surface area contributed by atoms with Crippen LogP contribution in [0.2, 0.25) is 0 Å². The molecule has 2 atom stereocenters. The van der Waals surface area contributed by atoms with Gasteiger partial charge in [-0.15, -0.1) is 0 Å². The summed E-state index contributed by atoms with van der Waals surface area (Å²) in [5, 5.41) is 12.0. The lowest BCUT2D eigenvalue weighted by atomic mass is 9.71. The van der Waals surface area contributed by atoms with E-state index in [0.29, 0.717) is 18.6 Å². The van der Waals surface area contributed by atoms with Gasteiger partial charge in [0.15, 0.2) is 0 Å². The first-order valence-electron chi connectivity index (χ1n) is 10.3. The fourth-order valence-electron chi connectivity index (χ4n) is 3.45. The molecule has 0 saturated heterocycles. The molecule has 28 heavy (non-hydrogen) atoms. The van der Waals surface area contributed by atoms with Crippen molar-refractivity contribution in [2.75, 3.05) is 12.0 Å². The molecule has 0 aliphatic rings. The first-order chi connectivity index (χ1) is 12.8. The third-order valence-corrected chi connectivity index (χ3v) is 4.70. The van der Waals surface area contributed by atoms with E-state index in [4.69, 9.17) is 5.11 Å². The molecule has 0 aliphatic heterocycles. The highest BCUT2D eigenvalue weighted by atomic mass is 32.2. The van der Waals surface area contributed by atoms with Crippen molar-refractivity contribution in [3.8, 4) is 0 Å². The van der Waals surface area contributed by atoms with Crippen LogP contribution in [-0.2, 0) is 14.4 Å². The second-order valence-corrected chi connectivity index (χ2v) is 9.23. The number of Topliss-reactive ketones (excluding diaryl/α,β-unsaturated/α-hetero) is 1. The Bertz CT molecular complexity index is 461. The SMILES string of the molecule is CC.CC.CSCC(NC(=O)CC(C)(C)CC(C)(C)CC(C)=O)C(C)C(=O)O. The lowest BCUT2D eigenvalue weighted by molar-refractivity contribution is -0.142. The van der Waals surface area contributed by atoms with Crippen molar-refractivity contribution in [1.82, 2.24) is 5.32 Å². The van der Waals surface area contributed by atoms with Gasteiger partial charge in [-0.2, -0.15) is 11.8 Å². The second-order valence-electron chi connectivity index (χ2n) is 8.32. The Hall–Kier alpha value is -1.04. The monoisotopic (exact) mass is 419 g/mol. The van der Waals surface area contributed by atoms with Crippen molar-refractivity contribution in [3.63, 3.8) is 0 Å². The van der Waals surface area contributed by atoms with Gasteiger partial charge in [0.05, 0.1) is 12.0 Å². The first-order valence-corrected chi connectivity index (χ1v) is 11.7. The van der Waals surface area contributed by atoms with Gasteiger partial charge in [0.1, 0.15) is 5.78 Å². The molecule has 0 radical (unpaired) electrons. The molecule has 0 saturated carbocycles. The van der Waals surface area contributed by atoms with E-state index >= 15 is 0 Å². The van der Waals surface area contributed by atoms with Gasteiger partial charge in [-0.25, -0.2) is 0 Å². The quantitative estimate of drug-likeness (QED) is 0.467. The lowest BCUT2D eigenvalue weighted by Crippen LogP contribution is -2.45. The molecule has 0 spiro atoms. The molecule has 6 heteroatoms. The minimum Gasteiger partial charge on any atom is -0.481 e. The predicted molar refractivity (Wildman–Crippen MR) is 122 cm³/mol. The maximum Gasteiger partial charge on any atom is 0.308 e. The number of hydrogen-bond acceptors (Lipinski definition) is 4. The summed E-state index contributed by atoms with van der Waals surface area (Å²) in [6.07, 6.45) is 3.44. The number of carbonyl (C=O) groups excluding carboxylic acids is 2. The van der Waals surface area contributed by atoms with Crippen molar-refractivity contribution in [2.24, 2.45) is 16.7 Å². The van der Waals surface area contributed by atoms with Crippen LogP contribution >= 0.6 is 11.8 Å². The average molecular weight is 420 g/mol. The second kappa shape index (κ2) is 15.8. The van der Waals surface area contributed by atoms with E-state index in [9.17, 15) is 14.4 Å². The molecule has 168 valence electrons. The van der Waals surface area contributed by atoms with Crippen LogP contribution in [0.1, 0.15) is 88.5 Å². The van der Waals surface area contributed by atoms with Gasteiger partial charge < -0.3 is 15.2 Å². The minimum atomic E-state index is -0.906. The molecule has 0 aliphatic carbocycles. The normalized spacial score (nSPS) is 13.1. The highest BCUT2D eigenvalue weighted by Gasteiger charge is 2.33. The molecule has 0 fully saturated rings. The summed E-state index contributed by atoms with van der Waals surface area (Å²) in [6, 6.07) is -0.383. The van der Waals surface area contributed by atoms with Gasteiger partial charge in [0.25, 0.3) is 0 Å². The van der Waals surface area contributed by atoms with Crippen molar-refractivity contribution in [3.05, 3.63) is 0 Å². The molecule has 2 unspecified atom stereocenters. The van der Waals surface area contributed by atoms with E-state index in [2.05, 4.69) is 5.32 Å². The van der Waals surface area contributed by atoms with Gasteiger partial charge in [-0.3, -0.25) is 9.59 Å². The van der Waals surface area contributed by atoms with Gasteiger partial charge in [-0.05, 0) is 37.4 Å². The number of amides is 1. The van der Waals surface area contributed by atoms with Crippen LogP contribution in [0.15, 0.2) is 0 Å². The van der Waals surface area contributed by atoms with Crippen LogP contribution in [-0.4, -0.2) is 40.8 Å². The molecule has 1 amide bonds. The summed E-state index contributed by atoms with van der Waals surface area (Å²) in [4.78, 5) is 35.0. The average Bonchev–Trinajstić information content (AvgIpc) is 2.54. The molecular weight excluding hydrogens is 374 g/mol. The number of carboxylic acids is 1. The summed E-state index contributed by atoms with van der Waals surface area (Å²) in [5.74, 6) is -0.952. The number of thioether (sulfide) groups is 1. The molecule has 0 aromatic heterocycles. The van der Waals surface area contributed by atoms with E-state index < -0.39 is 11.9 Å². The molecule has 2 N–H and O–H groups in total. The number of hydrogen-bond donors (Lipinski definition) is 2. The zero-order valence-electron chi connectivity index (χ0n) is 20.1. The van der Waals surface area contributed by atoms with Crippen LogP contribution in [0.25, 0.3) is 0 Å². The maximum absolute atomic E-state index is 12.4. The summed E-state index contributed by atoms with van der Waals surface area (Å²) in [7, 11) is 0. The largest absolute Gasteiger partial charge is 0.481 e. The third kappa shape index (κ3) is 16.0. The van der Waals surface area contributed by atoms with Gasteiger partial charge in [-0.1, -0.05) is 55.4 Å². The molecule has 5 nitrogen and oxygen atoms in total. The lowest BCUT2D eigenvalue weighted by Gasteiger charge is -2.34. The highest BCUT2D eigenvalue weighted by Crippen LogP contribution is 2.38. The van der Waals surface area contributed by atoms with Crippen molar-refractivity contribution < 1.29 is 19.5 Å². The zero-order valence-corrected chi connectivity index (χ0v) is 20.9. The Morgan fingerprint density at radius 1 is 0.964 bits per heavy atom. The molecule has 0 heterocycles. The van der Waals surface area contributed by atoms with E-state index in [1.807, 2.05) is 61.6 Å². The Balaban J connectivity index is -0.00000146. The fourth-order valence-corrected chi connectivity index (χ4v) is 4.18. The fraction of sp³-hybridized carbons (Fsp3) is 0.864. The number of nitrogens with one attached hydrogen (secondary N) is 1. The van der Waals surface area contributed by atoms with Crippen molar-refractivity contribution in [1.29, 1.82) is 0 Å². The summed E-state index contributed by atoms with van der Waals surface area (Å²) in [5.41, 5.74) is -0.429. The van der Waals surface area contributed by atoms with Crippen LogP contribution in [0.3, 0.4) is 0 Å². The van der Waals surface area contributed by atoms with E-state index in [-0.39, 0.29) is 28.6 Å². The summed E-state index contributed by atoms with van der Waals surface area (Å²) >= 11 is 1.52. The zero-order chi connectivity index (χ0) is 23.1. The van der Waals surface area contributed by atoms with Gasteiger partial charge in [0.2, 0.25) is 5.91 Å². The topological polar surface area (TPSA) is 83.5 Å². The molecular formula is C22H45NO4S. The number of carboxylic acid groups (broad SMARTS) is 1. The van der Waals surface area contributed by atoms with Crippen molar-refractivity contribution >= 4 is 29.4 Å². The smallest absolute Gasteiger partial charge is 0.308 e. The van der Waals surface area contributed by atoms with Crippen LogP contribution in [0.4, 0.5) is 0 Å². The Labute approximate surface area is 177 Å². The van der Waals surface area contributed by atoms with E-state index in [0.717, 1.165) is 6.42 Å². The Morgan fingerprint density at radius 2 is 1.39 bits per heavy atom. The minimum absolute atomic E-state index is 0.134. The number of ketones is 1. The third-order valence-electron chi connectivity index (χ3n) is 4.01. The first kappa shape index (κ1) is 31.6. The number of carbonyl (C=O) groups is 3. The van der Waals surface area contributed by atoms with Gasteiger partial charge in [0, 0.05) is 18.6 Å². The van der Waals surface area contributed by atoms with E-state index in [1.54, 1.807) is 13.8 Å². The summed E-state index contributed by atoms with van der Waals surface area (Å²) < 4.78 is 0. The Kier molecular flexibility index (Phi) is 17.9. The van der Waals surface area contributed by atoms with Crippen LogP contribution < -0.4 is 5.32 Å². The predicted octanol–water partition coefficient (Wildman–Crippen LogP) is 5.42. The number of aliphatic carboxylic acids is 1. The molecule has 0 rings (SSSR count). The molecule has 0 bridgehead atoms. The van der Waals surface area contributed by atoms with Crippen LogP contribution in [0.5, 0.6) is 0 Å². The summed E-state index contributed by atoms with van der Waals surface area (Å²) in [6.45, 7) is 19.3. The molecule has 0 aromatic rings.